The number of carbonyl (C=O) groups excluding carboxylic acids is 1. The van der Waals surface area contributed by atoms with Crippen LogP contribution in [0.5, 0.6) is 0 Å². The fourth-order valence-electron chi connectivity index (χ4n) is 3.80. The lowest BCUT2D eigenvalue weighted by Gasteiger charge is -2.11. The van der Waals surface area contributed by atoms with E-state index in [1.807, 2.05) is 38.1 Å². The van der Waals surface area contributed by atoms with Crippen molar-refractivity contribution in [2.24, 2.45) is 0 Å². The summed E-state index contributed by atoms with van der Waals surface area (Å²) in [6.45, 7) is 3.80. The first-order chi connectivity index (χ1) is 14.9. The second kappa shape index (κ2) is 7.46. The lowest BCUT2D eigenvalue weighted by Crippen LogP contribution is -2.14. The summed E-state index contributed by atoms with van der Waals surface area (Å²) in [5, 5.41) is 8.92. The average molecular weight is 435 g/mol. The molecule has 1 amide bonds. The molecule has 0 aliphatic heterocycles. The van der Waals surface area contributed by atoms with E-state index in [2.05, 4.69) is 5.32 Å². The zero-order valence-electron chi connectivity index (χ0n) is 17.1. The minimum atomic E-state index is -0.352. The molecule has 0 bridgehead atoms. The van der Waals surface area contributed by atoms with Crippen LogP contribution in [0.15, 0.2) is 48.5 Å². The number of carbonyl (C=O) groups is 1. The number of anilines is 1. The van der Waals surface area contributed by atoms with Crippen molar-refractivity contribution in [1.82, 2.24) is 14.8 Å². The van der Waals surface area contributed by atoms with Crippen LogP contribution in [0, 0.1) is 19.7 Å². The number of amides is 1. The molecular formula is C24H20ClFN4O. The maximum atomic E-state index is 13.2. The number of hydrogen-bond acceptors (Lipinski definition) is 3. The van der Waals surface area contributed by atoms with Crippen LogP contribution in [-0.2, 0) is 0 Å². The van der Waals surface area contributed by atoms with Crippen molar-refractivity contribution in [3.05, 3.63) is 81.9 Å². The first-order valence-corrected chi connectivity index (χ1v) is 10.5. The molecule has 1 saturated carbocycles. The first kappa shape index (κ1) is 19.7. The standard InChI is InChI=1S/C24H20ClFN4O/c1-13-19(25)4-3-5-21(13)30-23-22(14(2)29-30)18(12-20(28-23)15-6-7-15)24(31)27-17-10-8-16(26)9-11-17/h3-5,8-12,15H,6-7H2,1-2H3,(H,27,31). The highest BCUT2D eigenvalue weighted by atomic mass is 35.5. The Morgan fingerprint density at radius 1 is 1.16 bits per heavy atom. The Hall–Kier alpha value is -3.25. The van der Waals surface area contributed by atoms with Crippen molar-refractivity contribution in [3.8, 4) is 5.69 Å². The Morgan fingerprint density at radius 3 is 2.61 bits per heavy atom. The molecule has 2 aromatic carbocycles. The predicted molar refractivity (Wildman–Crippen MR) is 120 cm³/mol. The van der Waals surface area contributed by atoms with Crippen molar-refractivity contribution >= 4 is 34.2 Å². The number of pyridine rings is 1. The van der Waals surface area contributed by atoms with Crippen LogP contribution in [0.2, 0.25) is 5.02 Å². The third-order valence-corrected chi connectivity index (χ3v) is 6.05. The van der Waals surface area contributed by atoms with Gasteiger partial charge in [-0.2, -0.15) is 5.10 Å². The van der Waals surface area contributed by atoms with Crippen LogP contribution >= 0.6 is 11.6 Å². The molecule has 0 saturated heterocycles. The number of nitrogens with zero attached hydrogens (tertiary/aromatic N) is 3. The van der Waals surface area contributed by atoms with Gasteiger partial charge in [-0.15, -0.1) is 0 Å². The molecule has 2 heterocycles. The van der Waals surface area contributed by atoms with Gasteiger partial charge in [-0.05, 0) is 74.7 Å². The predicted octanol–water partition coefficient (Wildman–Crippen LogP) is 5.96. The number of benzene rings is 2. The first-order valence-electron chi connectivity index (χ1n) is 10.1. The van der Waals surface area contributed by atoms with Crippen LogP contribution in [0.3, 0.4) is 0 Å². The summed E-state index contributed by atoms with van der Waals surface area (Å²) in [5.41, 5.74) is 4.99. The lowest BCUT2D eigenvalue weighted by molar-refractivity contribution is 0.102. The van der Waals surface area contributed by atoms with Crippen LogP contribution in [0.25, 0.3) is 16.7 Å². The largest absolute Gasteiger partial charge is 0.322 e. The maximum absolute atomic E-state index is 13.2. The summed E-state index contributed by atoms with van der Waals surface area (Å²) in [4.78, 5) is 18.1. The fraction of sp³-hybridized carbons (Fsp3) is 0.208. The lowest BCUT2D eigenvalue weighted by atomic mass is 10.1. The van der Waals surface area contributed by atoms with E-state index in [1.165, 1.54) is 12.1 Å². The van der Waals surface area contributed by atoms with Gasteiger partial charge in [0.15, 0.2) is 5.65 Å². The van der Waals surface area contributed by atoms with E-state index >= 15 is 0 Å². The molecule has 5 nitrogen and oxygen atoms in total. The van der Waals surface area contributed by atoms with E-state index < -0.39 is 0 Å². The molecule has 1 fully saturated rings. The number of nitrogens with one attached hydrogen (secondary N) is 1. The molecular weight excluding hydrogens is 415 g/mol. The van der Waals surface area contributed by atoms with Gasteiger partial charge >= 0.3 is 0 Å². The monoisotopic (exact) mass is 434 g/mol. The third-order valence-electron chi connectivity index (χ3n) is 5.64. The number of halogens is 2. The number of rotatable bonds is 4. The van der Waals surface area contributed by atoms with Gasteiger partial charge in [-0.3, -0.25) is 4.79 Å². The maximum Gasteiger partial charge on any atom is 0.256 e. The van der Waals surface area contributed by atoms with Crippen molar-refractivity contribution in [2.75, 3.05) is 5.32 Å². The second-order valence-corrected chi connectivity index (χ2v) is 8.32. The summed E-state index contributed by atoms with van der Waals surface area (Å²) < 4.78 is 15.0. The smallest absolute Gasteiger partial charge is 0.256 e. The van der Waals surface area contributed by atoms with Crippen molar-refractivity contribution in [1.29, 1.82) is 0 Å². The van der Waals surface area contributed by atoms with Crippen LogP contribution in [0.1, 0.15) is 46.1 Å². The van der Waals surface area contributed by atoms with E-state index in [9.17, 15) is 9.18 Å². The Labute approximate surface area is 183 Å². The fourth-order valence-corrected chi connectivity index (χ4v) is 3.97. The van der Waals surface area contributed by atoms with Gasteiger partial charge in [0, 0.05) is 22.3 Å². The van der Waals surface area contributed by atoms with Crippen molar-refractivity contribution in [3.63, 3.8) is 0 Å². The molecule has 0 unspecified atom stereocenters. The molecule has 1 N–H and O–H groups in total. The van der Waals surface area contributed by atoms with Gasteiger partial charge in [0.2, 0.25) is 0 Å². The Bertz CT molecular complexity index is 1330. The average Bonchev–Trinajstić information content (AvgIpc) is 3.55. The highest BCUT2D eigenvalue weighted by Crippen LogP contribution is 2.41. The zero-order chi connectivity index (χ0) is 21.7. The molecule has 1 aliphatic rings. The molecule has 1 aliphatic carbocycles. The summed E-state index contributed by atoms with van der Waals surface area (Å²) in [6.07, 6.45) is 2.11. The van der Waals surface area contributed by atoms with Crippen LogP contribution in [-0.4, -0.2) is 20.7 Å². The van der Waals surface area contributed by atoms with Crippen LogP contribution < -0.4 is 5.32 Å². The highest BCUT2D eigenvalue weighted by Gasteiger charge is 2.29. The third kappa shape index (κ3) is 3.57. The number of hydrogen-bond donors (Lipinski definition) is 1. The zero-order valence-corrected chi connectivity index (χ0v) is 17.9. The molecule has 156 valence electrons. The Morgan fingerprint density at radius 2 is 1.90 bits per heavy atom. The van der Waals surface area contributed by atoms with E-state index in [0.29, 0.717) is 38.9 Å². The SMILES string of the molecule is Cc1c(Cl)cccc1-n1nc(C)c2c(C(=O)Nc3ccc(F)cc3)cc(C3CC3)nc21. The van der Waals surface area contributed by atoms with Gasteiger partial charge in [0.1, 0.15) is 5.82 Å². The molecule has 0 spiro atoms. The van der Waals surface area contributed by atoms with E-state index in [4.69, 9.17) is 21.7 Å². The summed E-state index contributed by atoms with van der Waals surface area (Å²) in [7, 11) is 0. The van der Waals surface area contributed by atoms with Gasteiger partial charge in [-0.25, -0.2) is 14.1 Å². The minimum absolute atomic E-state index is 0.272. The van der Waals surface area contributed by atoms with Gasteiger partial charge in [0.05, 0.1) is 22.3 Å². The summed E-state index contributed by atoms with van der Waals surface area (Å²) in [5.74, 6) is -0.272. The number of aromatic nitrogens is 3. The molecule has 0 radical (unpaired) electrons. The second-order valence-electron chi connectivity index (χ2n) is 7.91. The van der Waals surface area contributed by atoms with E-state index in [1.54, 1.807) is 16.8 Å². The molecule has 31 heavy (non-hydrogen) atoms. The highest BCUT2D eigenvalue weighted by molar-refractivity contribution is 6.31. The molecule has 4 aromatic rings. The normalized spacial score (nSPS) is 13.5. The Balaban J connectivity index is 1.68. The van der Waals surface area contributed by atoms with Crippen molar-refractivity contribution in [2.45, 2.75) is 32.6 Å². The topological polar surface area (TPSA) is 59.8 Å². The van der Waals surface area contributed by atoms with Gasteiger partial charge in [0.25, 0.3) is 5.91 Å². The summed E-state index contributed by atoms with van der Waals surface area (Å²) in [6, 6.07) is 13.2. The minimum Gasteiger partial charge on any atom is -0.322 e. The molecule has 2 aromatic heterocycles. The summed E-state index contributed by atoms with van der Waals surface area (Å²) >= 11 is 6.34. The van der Waals surface area contributed by atoms with Gasteiger partial charge in [-0.1, -0.05) is 17.7 Å². The van der Waals surface area contributed by atoms with E-state index in [0.717, 1.165) is 29.8 Å². The Kier molecular flexibility index (Phi) is 4.74. The molecule has 0 atom stereocenters. The van der Waals surface area contributed by atoms with E-state index in [-0.39, 0.29) is 11.7 Å². The van der Waals surface area contributed by atoms with Crippen LogP contribution in [0.4, 0.5) is 10.1 Å². The molecule has 5 rings (SSSR count). The van der Waals surface area contributed by atoms with Gasteiger partial charge < -0.3 is 5.32 Å². The number of aryl methyl sites for hydroxylation is 1. The van der Waals surface area contributed by atoms with Crippen molar-refractivity contribution < 1.29 is 9.18 Å². The number of fused-ring (bicyclic) bond motifs is 1. The molecule has 7 heteroatoms. The quantitative estimate of drug-likeness (QED) is 0.431.